The van der Waals surface area contributed by atoms with Crippen LogP contribution in [0.4, 0.5) is 5.69 Å². The molecule has 2 atom stereocenters. The van der Waals surface area contributed by atoms with Gasteiger partial charge in [0.2, 0.25) is 11.8 Å². The molecule has 146 valence electrons. The van der Waals surface area contributed by atoms with Crippen LogP contribution in [0.25, 0.3) is 0 Å². The van der Waals surface area contributed by atoms with E-state index in [1.165, 1.54) is 5.56 Å². The molecule has 0 aromatic heterocycles. The first kappa shape index (κ1) is 18.9. The van der Waals surface area contributed by atoms with Gasteiger partial charge in [-0.2, -0.15) is 0 Å². The Labute approximate surface area is 169 Å². The van der Waals surface area contributed by atoms with Crippen molar-refractivity contribution in [1.82, 2.24) is 4.90 Å². The van der Waals surface area contributed by atoms with Crippen molar-refractivity contribution in [2.45, 2.75) is 18.7 Å². The Hall–Kier alpha value is -2.47. The summed E-state index contributed by atoms with van der Waals surface area (Å²) in [6.45, 7) is 3.23. The number of hydrogen-bond donors (Lipinski definition) is 0. The maximum absolute atomic E-state index is 13.2. The van der Waals surface area contributed by atoms with E-state index < -0.39 is 0 Å². The lowest BCUT2D eigenvalue weighted by atomic mass is 10.1. The first-order chi connectivity index (χ1) is 13.6. The molecule has 2 aliphatic heterocycles. The van der Waals surface area contributed by atoms with E-state index in [1.807, 2.05) is 29.2 Å². The van der Waals surface area contributed by atoms with Crippen molar-refractivity contribution >= 4 is 29.3 Å². The summed E-state index contributed by atoms with van der Waals surface area (Å²) in [5.74, 6) is 1.47. The molecule has 2 aromatic rings. The molecule has 5 nitrogen and oxygen atoms in total. The number of aryl methyl sites for hydroxylation is 1. The summed E-state index contributed by atoms with van der Waals surface area (Å²) in [6.07, 6.45) is 0.270. The van der Waals surface area contributed by atoms with Gasteiger partial charge in [0, 0.05) is 31.0 Å². The lowest BCUT2D eigenvalue weighted by molar-refractivity contribution is -0.136. The molecule has 6 heteroatoms. The topological polar surface area (TPSA) is 49.9 Å². The van der Waals surface area contributed by atoms with Crippen molar-refractivity contribution < 1.29 is 14.3 Å². The quantitative estimate of drug-likeness (QED) is 0.792. The van der Waals surface area contributed by atoms with Crippen LogP contribution in [0.1, 0.15) is 22.9 Å². The molecular weight excluding hydrogens is 372 g/mol. The van der Waals surface area contributed by atoms with Gasteiger partial charge in [0.05, 0.1) is 13.0 Å². The van der Waals surface area contributed by atoms with Gasteiger partial charge < -0.3 is 14.5 Å². The molecule has 2 unspecified atom stereocenters. The summed E-state index contributed by atoms with van der Waals surface area (Å²) in [6, 6.07) is 15.8. The molecule has 4 rings (SSSR count). The summed E-state index contributed by atoms with van der Waals surface area (Å²) in [5.41, 5.74) is 3.17. The fraction of sp³-hybridized carbons (Fsp3) is 0.364. The minimum atomic E-state index is -0.291. The standard InChI is InChI=1S/C22H24N2O3S/c1-15-3-5-16(6-4-15)22-23(11-12-28-22)21(26)17-13-20(25)24(14-17)18-7-9-19(27-2)10-8-18/h3-10,17,22H,11-14H2,1-2H3. The normalized spacial score (nSPS) is 22.0. The number of amides is 2. The molecule has 0 spiro atoms. The summed E-state index contributed by atoms with van der Waals surface area (Å²) < 4.78 is 5.18. The first-order valence-corrected chi connectivity index (χ1v) is 10.5. The van der Waals surface area contributed by atoms with E-state index in [4.69, 9.17) is 4.74 Å². The van der Waals surface area contributed by atoms with Gasteiger partial charge in [-0.05, 0) is 36.8 Å². The SMILES string of the molecule is COc1ccc(N2CC(C(=O)N3CCSC3c3ccc(C)cc3)CC2=O)cc1. The number of carbonyl (C=O) groups excluding carboxylic acids is 2. The molecule has 0 N–H and O–H groups in total. The number of carbonyl (C=O) groups is 2. The summed E-state index contributed by atoms with van der Waals surface area (Å²) in [5, 5.41) is 0.0400. The highest BCUT2D eigenvalue weighted by atomic mass is 32.2. The van der Waals surface area contributed by atoms with Crippen LogP contribution in [-0.4, -0.2) is 42.7 Å². The zero-order valence-corrected chi connectivity index (χ0v) is 16.9. The van der Waals surface area contributed by atoms with Crippen LogP contribution in [-0.2, 0) is 9.59 Å². The van der Waals surface area contributed by atoms with Gasteiger partial charge in [0.15, 0.2) is 0 Å². The van der Waals surface area contributed by atoms with Gasteiger partial charge >= 0.3 is 0 Å². The Morgan fingerprint density at radius 2 is 1.82 bits per heavy atom. The number of hydrogen-bond acceptors (Lipinski definition) is 4. The van der Waals surface area contributed by atoms with Crippen LogP contribution < -0.4 is 9.64 Å². The van der Waals surface area contributed by atoms with Crippen LogP contribution in [0, 0.1) is 12.8 Å². The van der Waals surface area contributed by atoms with E-state index in [2.05, 4.69) is 31.2 Å². The molecule has 2 fully saturated rings. The molecule has 28 heavy (non-hydrogen) atoms. The maximum atomic E-state index is 13.2. The van der Waals surface area contributed by atoms with Crippen molar-refractivity contribution in [1.29, 1.82) is 0 Å². The van der Waals surface area contributed by atoms with E-state index in [9.17, 15) is 9.59 Å². The average molecular weight is 397 g/mol. The van der Waals surface area contributed by atoms with Crippen LogP contribution in [0.15, 0.2) is 48.5 Å². The molecule has 0 bridgehead atoms. The zero-order valence-electron chi connectivity index (χ0n) is 16.1. The third-order valence-corrected chi connectivity index (χ3v) is 6.66. The highest BCUT2D eigenvalue weighted by molar-refractivity contribution is 7.99. The second-order valence-corrected chi connectivity index (χ2v) is 8.46. The number of thioether (sulfide) groups is 1. The highest BCUT2D eigenvalue weighted by Gasteiger charge is 2.40. The molecule has 2 saturated heterocycles. The number of nitrogens with zero attached hydrogens (tertiary/aromatic N) is 2. The molecule has 0 aliphatic carbocycles. The van der Waals surface area contributed by atoms with Gasteiger partial charge in [-0.25, -0.2) is 0 Å². The van der Waals surface area contributed by atoms with Crippen molar-refractivity contribution in [2.75, 3.05) is 30.9 Å². The zero-order chi connectivity index (χ0) is 19.7. The van der Waals surface area contributed by atoms with Crippen LogP contribution in [0.3, 0.4) is 0 Å². The van der Waals surface area contributed by atoms with Crippen LogP contribution in [0.5, 0.6) is 5.75 Å². The van der Waals surface area contributed by atoms with E-state index >= 15 is 0 Å². The highest BCUT2D eigenvalue weighted by Crippen LogP contribution is 2.40. The predicted octanol–water partition coefficient (Wildman–Crippen LogP) is 3.63. The first-order valence-electron chi connectivity index (χ1n) is 9.50. The third-order valence-electron chi connectivity index (χ3n) is 5.39. The third kappa shape index (κ3) is 3.61. The molecular formula is C22H24N2O3S. The lowest BCUT2D eigenvalue weighted by Gasteiger charge is -2.27. The second-order valence-electron chi connectivity index (χ2n) is 7.27. The van der Waals surface area contributed by atoms with E-state index in [1.54, 1.807) is 23.8 Å². The second kappa shape index (κ2) is 7.87. The number of methoxy groups -OCH3 is 1. The van der Waals surface area contributed by atoms with Gasteiger partial charge in [-0.15, -0.1) is 11.8 Å². The van der Waals surface area contributed by atoms with Crippen molar-refractivity contribution in [3.63, 3.8) is 0 Å². The van der Waals surface area contributed by atoms with Gasteiger partial charge in [0.25, 0.3) is 0 Å². The van der Waals surface area contributed by atoms with Crippen molar-refractivity contribution in [2.24, 2.45) is 5.92 Å². The molecule has 2 aliphatic rings. The number of ether oxygens (including phenoxy) is 1. The Kier molecular flexibility index (Phi) is 5.31. The Bertz CT molecular complexity index is 866. The minimum Gasteiger partial charge on any atom is -0.497 e. The van der Waals surface area contributed by atoms with Crippen LogP contribution >= 0.6 is 11.8 Å². The van der Waals surface area contributed by atoms with Gasteiger partial charge in [-0.3, -0.25) is 9.59 Å². The Morgan fingerprint density at radius 1 is 1.11 bits per heavy atom. The summed E-state index contributed by atoms with van der Waals surface area (Å²) in [7, 11) is 1.61. The molecule has 0 saturated carbocycles. The number of benzene rings is 2. The van der Waals surface area contributed by atoms with Gasteiger partial charge in [-0.1, -0.05) is 29.8 Å². The molecule has 2 heterocycles. The van der Waals surface area contributed by atoms with Crippen molar-refractivity contribution in [3.8, 4) is 5.75 Å². The average Bonchev–Trinajstić information content (AvgIpc) is 3.35. The fourth-order valence-electron chi connectivity index (χ4n) is 3.82. The van der Waals surface area contributed by atoms with Gasteiger partial charge in [0.1, 0.15) is 11.1 Å². The summed E-state index contributed by atoms with van der Waals surface area (Å²) in [4.78, 5) is 29.5. The van der Waals surface area contributed by atoms with E-state index in [0.717, 1.165) is 29.3 Å². The van der Waals surface area contributed by atoms with Crippen molar-refractivity contribution in [3.05, 3.63) is 59.7 Å². The lowest BCUT2D eigenvalue weighted by Crippen LogP contribution is -2.37. The Morgan fingerprint density at radius 3 is 2.50 bits per heavy atom. The minimum absolute atomic E-state index is 0.00209. The predicted molar refractivity (Wildman–Crippen MR) is 112 cm³/mol. The molecule has 0 radical (unpaired) electrons. The Balaban J connectivity index is 1.48. The number of rotatable bonds is 4. The number of anilines is 1. The fourth-order valence-corrected chi connectivity index (χ4v) is 5.09. The summed E-state index contributed by atoms with van der Waals surface area (Å²) >= 11 is 1.79. The monoisotopic (exact) mass is 396 g/mol. The largest absolute Gasteiger partial charge is 0.497 e. The van der Waals surface area contributed by atoms with E-state index in [0.29, 0.717) is 6.54 Å². The molecule has 2 amide bonds. The smallest absolute Gasteiger partial charge is 0.229 e. The molecule has 2 aromatic carbocycles. The maximum Gasteiger partial charge on any atom is 0.229 e. The van der Waals surface area contributed by atoms with Crippen LogP contribution in [0.2, 0.25) is 0 Å². The van der Waals surface area contributed by atoms with E-state index in [-0.39, 0.29) is 29.5 Å².